The van der Waals surface area contributed by atoms with Crippen LogP contribution in [-0.4, -0.2) is 17.9 Å². The standard InChI is InChI=1S/3C3H4O2.Ti/c3*1-2-3(4)5;/h3*2H,1H2,(H,4,5);/q;;;+4/p-3. The fraction of sp³-hybridized carbons (Fsp3) is 0. The van der Waals surface area contributed by atoms with Crippen LogP contribution in [0.1, 0.15) is 0 Å². The van der Waals surface area contributed by atoms with Gasteiger partial charge in [-0.05, 0) is 18.2 Å². The average Bonchev–Trinajstić information content (AvgIpc) is 2.19. The zero-order valence-electron chi connectivity index (χ0n) is 8.30. The maximum Gasteiger partial charge on any atom is 4.00 e. The third kappa shape index (κ3) is 84.2. The number of carbonyl (C=O) groups excluding carboxylic acids is 3. The van der Waals surface area contributed by atoms with Gasteiger partial charge >= 0.3 is 21.7 Å². The van der Waals surface area contributed by atoms with Gasteiger partial charge < -0.3 is 29.7 Å². The Morgan fingerprint density at radius 3 is 0.750 bits per heavy atom. The molecule has 0 saturated heterocycles. The fourth-order valence-electron chi connectivity index (χ4n) is 0. The van der Waals surface area contributed by atoms with Gasteiger partial charge in [-0.1, -0.05) is 19.7 Å². The van der Waals surface area contributed by atoms with E-state index < -0.39 is 17.9 Å². The molecule has 0 aromatic heterocycles. The summed E-state index contributed by atoms with van der Waals surface area (Å²) < 4.78 is 0. The molecule has 0 aliphatic rings. The maximum atomic E-state index is 9.14. The predicted octanol–water partition coefficient (Wildman–Crippen LogP) is -3.24. The molecule has 0 saturated carbocycles. The first kappa shape index (κ1) is 23.9. The maximum absolute atomic E-state index is 9.14. The van der Waals surface area contributed by atoms with E-state index in [0.717, 1.165) is 18.2 Å². The summed E-state index contributed by atoms with van der Waals surface area (Å²) in [4.78, 5) is 27.4. The summed E-state index contributed by atoms with van der Waals surface area (Å²) in [6, 6.07) is 0. The molecule has 0 fully saturated rings. The first-order chi connectivity index (χ1) is 6.81. The Morgan fingerprint density at radius 2 is 0.750 bits per heavy atom. The van der Waals surface area contributed by atoms with Crippen LogP contribution in [0.25, 0.3) is 0 Å². The van der Waals surface area contributed by atoms with Crippen molar-refractivity contribution in [3.05, 3.63) is 38.0 Å². The van der Waals surface area contributed by atoms with Gasteiger partial charge in [0.1, 0.15) is 0 Å². The van der Waals surface area contributed by atoms with Crippen molar-refractivity contribution < 1.29 is 51.4 Å². The molecule has 0 aromatic carbocycles. The van der Waals surface area contributed by atoms with Crippen molar-refractivity contribution in [2.45, 2.75) is 0 Å². The summed E-state index contributed by atoms with van der Waals surface area (Å²) in [5.74, 6) is -3.69. The van der Waals surface area contributed by atoms with Gasteiger partial charge in [0, 0.05) is 0 Å². The predicted molar refractivity (Wildman–Crippen MR) is 45.6 cm³/mol. The number of carbonyl (C=O) groups is 3. The number of aliphatic carboxylic acids is 3. The normalized spacial score (nSPS) is 6.00. The van der Waals surface area contributed by atoms with Crippen molar-refractivity contribution in [1.29, 1.82) is 0 Å². The van der Waals surface area contributed by atoms with Crippen LogP contribution in [0.3, 0.4) is 0 Å². The molecule has 0 amide bonds. The Labute approximate surface area is 107 Å². The van der Waals surface area contributed by atoms with E-state index in [4.69, 9.17) is 29.7 Å². The summed E-state index contributed by atoms with van der Waals surface area (Å²) in [7, 11) is 0. The van der Waals surface area contributed by atoms with E-state index in [1.165, 1.54) is 0 Å². The molecule has 0 atom stereocenters. The topological polar surface area (TPSA) is 120 Å². The van der Waals surface area contributed by atoms with Crippen molar-refractivity contribution in [3.8, 4) is 0 Å². The molecule has 0 radical (unpaired) electrons. The summed E-state index contributed by atoms with van der Waals surface area (Å²) in [6.45, 7) is 8.69. The molecule has 0 heterocycles. The van der Waals surface area contributed by atoms with E-state index in [9.17, 15) is 0 Å². The van der Waals surface area contributed by atoms with Gasteiger partial charge in [0.25, 0.3) is 0 Å². The number of carboxylic acid groups (broad SMARTS) is 3. The van der Waals surface area contributed by atoms with E-state index in [2.05, 4.69) is 19.7 Å². The Balaban J connectivity index is -0.0000000655. The molecule has 6 nitrogen and oxygen atoms in total. The molecule has 84 valence electrons. The number of hydrogen-bond donors (Lipinski definition) is 0. The van der Waals surface area contributed by atoms with Crippen molar-refractivity contribution in [3.63, 3.8) is 0 Å². The van der Waals surface area contributed by atoms with Crippen LogP contribution >= 0.6 is 0 Å². The van der Waals surface area contributed by atoms with Gasteiger partial charge in [-0.15, -0.1) is 0 Å². The third-order valence-corrected chi connectivity index (χ3v) is 0.500. The second-order valence-electron chi connectivity index (χ2n) is 1.57. The molecule has 0 aliphatic carbocycles. The molecule has 16 heavy (non-hydrogen) atoms. The SMILES string of the molecule is C=CC(=O)[O-].C=CC(=O)[O-].C=CC(=O)[O-].[Ti+4]. The smallest absolute Gasteiger partial charge is 0.545 e. The largest absolute Gasteiger partial charge is 4.00 e. The second-order valence-corrected chi connectivity index (χ2v) is 1.57. The first-order valence-corrected chi connectivity index (χ1v) is 3.32. The molecule has 0 bridgehead atoms. The van der Waals surface area contributed by atoms with Crippen LogP contribution in [0.4, 0.5) is 0 Å². The fourth-order valence-corrected chi connectivity index (χ4v) is 0. The van der Waals surface area contributed by atoms with Crippen molar-refractivity contribution >= 4 is 17.9 Å². The summed E-state index contributed by atoms with van der Waals surface area (Å²) in [6.07, 6.45) is 2.17. The van der Waals surface area contributed by atoms with Crippen LogP contribution in [-0.2, 0) is 36.1 Å². The quantitative estimate of drug-likeness (QED) is 0.389. The number of rotatable bonds is 3. The van der Waals surface area contributed by atoms with Gasteiger partial charge in [0.15, 0.2) is 0 Å². The minimum atomic E-state index is -1.23. The van der Waals surface area contributed by atoms with Crippen molar-refractivity contribution in [2.24, 2.45) is 0 Å². The minimum Gasteiger partial charge on any atom is -0.545 e. The van der Waals surface area contributed by atoms with Crippen molar-refractivity contribution in [1.82, 2.24) is 0 Å². The van der Waals surface area contributed by atoms with E-state index in [0.29, 0.717) is 0 Å². The number of hydrogen-bond acceptors (Lipinski definition) is 6. The van der Waals surface area contributed by atoms with Crippen LogP contribution in [0, 0.1) is 0 Å². The summed E-state index contributed by atoms with van der Waals surface area (Å²) in [5.41, 5.74) is 0. The van der Waals surface area contributed by atoms with E-state index >= 15 is 0 Å². The molecule has 0 unspecified atom stereocenters. The van der Waals surface area contributed by atoms with Gasteiger partial charge in [0.05, 0.1) is 17.9 Å². The van der Waals surface area contributed by atoms with Gasteiger partial charge in [-0.3, -0.25) is 0 Å². The Kier molecular flexibility index (Phi) is 28.4. The first-order valence-electron chi connectivity index (χ1n) is 3.32. The average molecular weight is 261 g/mol. The molecule has 0 rings (SSSR count). The molecule has 0 aromatic rings. The van der Waals surface area contributed by atoms with Crippen molar-refractivity contribution in [2.75, 3.05) is 0 Å². The van der Waals surface area contributed by atoms with Gasteiger partial charge in [0.2, 0.25) is 0 Å². The van der Waals surface area contributed by atoms with Crippen LogP contribution in [0.15, 0.2) is 38.0 Å². The summed E-state index contributed by atoms with van der Waals surface area (Å²) >= 11 is 0. The molecule has 0 aliphatic heterocycles. The van der Waals surface area contributed by atoms with Crippen LogP contribution in [0.5, 0.6) is 0 Å². The molecular weight excluding hydrogens is 252 g/mol. The Bertz CT molecular complexity index is 216. The van der Waals surface area contributed by atoms with E-state index in [-0.39, 0.29) is 21.7 Å². The second kappa shape index (κ2) is 19.0. The monoisotopic (exact) mass is 261 g/mol. The molecular formula is C9H9O6Ti+. The van der Waals surface area contributed by atoms with E-state index in [1.54, 1.807) is 0 Å². The zero-order chi connectivity index (χ0) is 12.9. The summed E-state index contributed by atoms with van der Waals surface area (Å²) in [5, 5.41) is 27.4. The minimum absolute atomic E-state index is 0. The third-order valence-electron chi connectivity index (χ3n) is 0.500. The Hall–Kier alpha value is -1.66. The van der Waals surface area contributed by atoms with Gasteiger partial charge in [-0.25, -0.2) is 0 Å². The Morgan fingerprint density at radius 1 is 0.688 bits per heavy atom. The van der Waals surface area contributed by atoms with E-state index in [1.807, 2.05) is 0 Å². The number of carboxylic acids is 3. The van der Waals surface area contributed by atoms with Gasteiger partial charge in [-0.2, -0.15) is 0 Å². The van der Waals surface area contributed by atoms with Crippen LogP contribution < -0.4 is 15.3 Å². The van der Waals surface area contributed by atoms with Crippen LogP contribution in [0.2, 0.25) is 0 Å². The molecule has 7 heteroatoms. The molecule has 0 N–H and O–H groups in total. The zero-order valence-corrected chi connectivity index (χ0v) is 9.86. The molecule has 0 spiro atoms.